The van der Waals surface area contributed by atoms with E-state index in [1.165, 1.54) is 6.33 Å². The van der Waals surface area contributed by atoms with E-state index < -0.39 is 6.10 Å². The van der Waals surface area contributed by atoms with E-state index in [9.17, 15) is 5.11 Å². The Labute approximate surface area is 80.4 Å². The minimum absolute atomic E-state index is 0.212. The zero-order valence-electron chi connectivity index (χ0n) is 6.46. The van der Waals surface area contributed by atoms with Gasteiger partial charge in [0.25, 0.3) is 0 Å². The molecular weight excluding hydrogens is 199 g/mol. The zero-order valence-corrected chi connectivity index (χ0v) is 7.97. The Morgan fingerprint density at radius 1 is 1.42 bits per heavy atom. The predicted molar refractivity (Wildman–Crippen MR) is 47.3 cm³/mol. The molecule has 1 N–H and O–H groups in total. The molecule has 1 aromatic heterocycles. The molecule has 12 heavy (non-hydrogen) atoms. The third-order valence-corrected chi connectivity index (χ3v) is 2.11. The summed E-state index contributed by atoms with van der Waals surface area (Å²) in [5.74, 6) is 0. The van der Waals surface area contributed by atoms with Crippen LogP contribution < -0.4 is 0 Å². The highest BCUT2D eigenvalue weighted by molar-refractivity contribution is 6.34. The highest BCUT2D eigenvalue weighted by Crippen LogP contribution is 2.28. The van der Waals surface area contributed by atoms with Gasteiger partial charge >= 0.3 is 0 Å². The van der Waals surface area contributed by atoms with E-state index >= 15 is 0 Å². The predicted octanol–water partition coefficient (Wildman–Crippen LogP) is 2.23. The molecule has 5 heteroatoms. The monoisotopic (exact) mass is 206 g/mol. The number of nitrogens with zero attached hydrogens (tertiary/aromatic N) is 2. The van der Waals surface area contributed by atoms with E-state index in [0.29, 0.717) is 12.0 Å². The van der Waals surface area contributed by atoms with Gasteiger partial charge in [0.2, 0.25) is 0 Å². The van der Waals surface area contributed by atoms with Crippen molar-refractivity contribution in [3.8, 4) is 0 Å². The summed E-state index contributed by atoms with van der Waals surface area (Å²) < 4.78 is 0. The van der Waals surface area contributed by atoms with Crippen molar-refractivity contribution < 1.29 is 5.11 Å². The summed E-state index contributed by atoms with van der Waals surface area (Å²) >= 11 is 11.4. The van der Waals surface area contributed by atoms with Crippen molar-refractivity contribution >= 4 is 23.2 Å². The minimum atomic E-state index is -0.689. The molecule has 1 rings (SSSR count). The molecule has 3 nitrogen and oxygen atoms in total. The number of aliphatic hydroxyl groups is 1. The zero-order chi connectivity index (χ0) is 9.14. The number of rotatable bonds is 2. The standard InChI is InChI=1S/C7H8Cl2N2O/c1-2-4(12)5-6(8)10-3-11-7(5)9/h3-4,12H,2H2,1H3. The van der Waals surface area contributed by atoms with Gasteiger partial charge in [-0.1, -0.05) is 30.1 Å². The molecule has 0 spiro atoms. The second-order valence-corrected chi connectivity index (χ2v) is 3.01. The maximum absolute atomic E-state index is 9.44. The smallest absolute Gasteiger partial charge is 0.139 e. The fourth-order valence-electron chi connectivity index (χ4n) is 0.834. The maximum atomic E-state index is 9.44. The summed E-state index contributed by atoms with van der Waals surface area (Å²) in [5, 5.41) is 9.87. The van der Waals surface area contributed by atoms with Crippen LogP contribution in [0.25, 0.3) is 0 Å². The van der Waals surface area contributed by atoms with Crippen molar-refractivity contribution in [2.24, 2.45) is 0 Å². The van der Waals surface area contributed by atoms with E-state index in [2.05, 4.69) is 9.97 Å². The van der Waals surface area contributed by atoms with Crippen LogP contribution in [0, 0.1) is 0 Å². The summed E-state index contributed by atoms with van der Waals surface area (Å²) in [7, 11) is 0. The Morgan fingerprint density at radius 2 is 1.92 bits per heavy atom. The molecule has 0 aliphatic heterocycles. The van der Waals surface area contributed by atoms with Crippen LogP contribution in [0.3, 0.4) is 0 Å². The molecule has 1 aromatic rings. The van der Waals surface area contributed by atoms with Gasteiger partial charge in [0.1, 0.15) is 16.6 Å². The van der Waals surface area contributed by atoms with Gasteiger partial charge in [-0.2, -0.15) is 0 Å². The molecule has 0 bridgehead atoms. The molecule has 0 amide bonds. The molecule has 0 fully saturated rings. The molecule has 0 aliphatic carbocycles. The van der Waals surface area contributed by atoms with Gasteiger partial charge in [-0.05, 0) is 6.42 Å². The van der Waals surface area contributed by atoms with Crippen LogP contribution in [0.15, 0.2) is 6.33 Å². The molecular formula is C7H8Cl2N2O. The average Bonchev–Trinajstić information content (AvgIpc) is 2.03. The largest absolute Gasteiger partial charge is 0.388 e. The SMILES string of the molecule is CCC(O)c1c(Cl)ncnc1Cl. The highest BCUT2D eigenvalue weighted by atomic mass is 35.5. The maximum Gasteiger partial charge on any atom is 0.139 e. The molecule has 1 heterocycles. The lowest BCUT2D eigenvalue weighted by Gasteiger charge is -2.09. The lowest BCUT2D eigenvalue weighted by Crippen LogP contribution is -2.00. The topological polar surface area (TPSA) is 46.0 Å². The summed E-state index contributed by atoms with van der Waals surface area (Å²) in [6, 6.07) is 0. The lowest BCUT2D eigenvalue weighted by atomic mass is 10.1. The average molecular weight is 207 g/mol. The second-order valence-electron chi connectivity index (χ2n) is 2.29. The minimum Gasteiger partial charge on any atom is -0.388 e. The van der Waals surface area contributed by atoms with Crippen LogP contribution in [0.4, 0.5) is 0 Å². The van der Waals surface area contributed by atoms with Gasteiger partial charge in [0, 0.05) is 0 Å². The molecule has 66 valence electrons. The number of hydrogen-bond acceptors (Lipinski definition) is 3. The Bertz CT molecular complexity index is 260. The highest BCUT2D eigenvalue weighted by Gasteiger charge is 2.15. The first kappa shape index (κ1) is 9.71. The van der Waals surface area contributed by atoms with Crippen molar-refractivity contribution in [3.05, 3.63) is 22.2 Å². The first-order chi connectivity index (χ1) is 5.66. The van der Waals surface area contributed by atoms with Gasteiger partial charge in [-0.3, -0.25) is 0 Å². The van der Waals surface area contributed by atoms with Crippen LogP contribution in [-0.2, 0) is 0 Å². The molecule has 1 unspecified atom stereocenters. The summed E-state index contributed by atoms with van der Waals surface area (Å²) in [6.07, 6.45) is 1.11. The van der Waals surface area contributed by atoms with E-state index in [1.54, 1.807) is 0 Å². The Kier molecular flexibility index (Phi) is 3.26. The first-order valence-electron chi connectivity index (χ1n) is 3.50. The van der Waals surface area contributed by atoms with Gasteiger partial charge < -0.3 is 5.11 Å². The van der Waals surface area contributed by atoms with Gasteiger partial charge in [-0.25, -0.2) is 9.97 Å². The van der Waals surface area contributed by atoms with Gasteiger partial charge in [0.05, 0.1) is 11.7 Å². The van der Waals surface area contributed by atoms with Crippen LogP contribution in [0.2, 0.25) is 10.3 Å². The van der Waals surface area contributed by atoms with Crippen LogP contribution in [-0.4, -0.2) is 15.1 Å². The second kappa shape index (κ2) is 4.03. The first-order valence-corrected chi connectivity index (χ1v) is 4.26. The quantitative estimate of drug-likeness (QED) is 0.756. The third-order valence-electron chi connectivity index (χ3n) is 1.51. The third kappa shape index (κ3) is 1.86. The van der Waals surface area contributed by atoms with Gasteiger partial charge in [-0.15, -0.1) is 0 Å². The van der Waals surface area contributed by atoms with Crippen LogP contribution >= 0.6 is 23.2 Å². The Hall–Kier alpha value is -0.380. The summed E-state index contributed by atoms with van der Waals surface area (Å²) in [5.41, 5.74) is 0.406. The number of hydrogen-bond donors (Lipinski definition) is 1. The molecule has 0 saturated heterocycles. The lowest BCUT2D eigenvalue weighted by molar-refractivity contribution is 0.173. The van der Waals surface area contributed by atoms with E-state index in [0.717, 1.165) is 0 Å². The van der Waals surface area contributed by atoms with Crippen LogP contribution in [0.5, 0.6) is 0 Å². The molecule has 0 radical (unpaired) electrons. The molecule has 0 aliphatic rings. The normalized spacial score (nSPS) is 13.0. The molecule has 1 atom stereocenters. The number of halogens is 2. The summed E-state index contributed by atoms with van der Waals surface area (Å²) in [4.78, 5) is 7.44. The van der Waals surface area contributed by atoms with Crippen molar-refractivity contribution in [2.75, 3.05) is 0 Å². The van der Waals surface area contributed by atoms with Gasteiger partial charge in [0.15, 0.2) is 0 Å². The fourth-order valence-corrected chi connectivity index (χ4v) is 1.40. The van der Waals surface area contributed by atoms with Crippen molar-refractivity contribution in [1.29, 1.82) is 0 Å². The van der Waals surface area contributed by atoms with E-state index in [1.807, 2.05) is 6.92 Å². The van der Waals surface area contributed by atoms with E-state index in [4.69, 9.17) is 23.2 Å². The van der Waals surface area contributed by atoms with Crippen molar-refractivity contribution in [1.82, 2.24) is 9.97 Å². The molecule has 0 saturated carbocycles. The van der Waals surface area contributed by atoms with E-state index in [-0.39, 0.29) is 10.3 Å². The number of aliphatic hydroxyl groups excluding tert-OH is 1. The van der Waals surface area contributed by atoms with Crippen molar-refractivity contribution in [2.45, 2.75) is 19.4 Å². The Balaban J connectivity index is 3.12. The molecule has 0 aromatic carbocycles. The number of aromatic nitrogens is 2. The summed E-state index contributed by atoms with van der Waals surface area (Å²) in [6.45, 7) is 1.82. The fraction of sp³-hybridized carbons (Fsp3) is 0.429. The van der Waals surface area contributed by atoms with Crippen molar-refractivity contribution in [3.63, 3.8) is 0 Å². The van der Waals surface area contributed by atoms with Crippen LogP contribution in [0.1, 0.15) is 25.0 Å². The Morgan fingerprint density at radius 3 is 2.33 bits per heavy atom.